The van der Waals surface area contributed by atoms with Gasteiger partial charge in [0.2, 0.25) is 10.0 Å². The summed E-state index contributed by atoms with van der Waals surface area (Å²) in [6.07, 6.45) is -3.06. The van der Waals surface area contributed by atoms with E-state index in [1.807, 2.05) is 0 Å². The van der Waals surface area contributed by atoms with Gasteiger partial charge in [-0.3, -0.25) is 4.90 Å². The zero-order valence-corrected chi connectivity index (χ0v) is 12.6. The van der Waals surface area contributed by atoms with Crippen LogP contribution < -0.4 is 4.72 Å². The van der Waals surface area contributed by atoms with Crippen molar-refractivity contribution in [2.45, 2.75) is 25.2 Å². The van der Waals surface area contributed by atoms with Gasteiger partial charge in [0.15, 0.2) is 0 Å². The Bertz CT molecular complexity index is 646. The topological polar surface area (TPSA) is 49.4 Å². The number of hydrogen-bond acceptors (Lipinski definition) is 3. The van der Waals surface area contributed by atoms with E-state index in [1.165, 1.54) is 0 Å². The third-order valence-electron chi connectivity index (χ3n) is 3.42. The van der Waals surface area contributed by atoms with Gasteiger partial charge in [-0.05, 0) is 24.1 Å². The Morgan fingerprint density at radius 2 is 2.05 bits per heavy atom. The number of likely N-dealkylation sites (tertiary alicyclic amines) is 1. The van der Waals surface area contributed by atoms with Gasteiger partial charge < -0.3 is 0 Å². The number of rotatable bonds is 4. The number of hydrogen-bond donors (Lipinski definition) is 1. The zero-order valence-electron chi connectivity index (χ0n) is 11.8. The van der Waals surface area contributed by atoms with Gasteiger partial charge >= 0.3 is 6.18 Å². The summed E-state index contributed by atoms with van der Waals surface area (Å²) in [5.41, 5.74) is -1.01. The molecule has 0 saturated carbocycles. The second kappa shape index (κ2) is 6.13. The van der Waals surface area contributed by atoms with Crippen LogP contribution in [0, 0.1) is 5.82 Å². The molecule has 0 bridgehead atoms. The maximum atomic E-state index is 13.0. The summed E-state index contributed by atoms with van der Waals surface area (Å²) >= 11 is 0. The minimum Gasteiger partial charge on any atom is -0.297 e. The molecule has 1 aromatic rings. The lowest BCUT2D eigenvalue weighted by Gasteiger charge is -2.19. The first kappa shape index (κ1) is 17.2. The molecule has 124 valence electrons. The van der Waals surface area contributed by atoms with E-state index in [0.29, 0.717) is 25.6 Å². The Labute approximate surface area is 126 Å². The van der Waals surface area contributed by atoms with E-state index >= 15 is 0 Å². The van der Waals surface area contributed by atoms with E-state index in [-0.39, 0.29) is 18.2 Å². The maximum Gasteiger partial charge on any atom is 0.416 e. The molecule has 1 heterocycles. The fraction of sp³-hybridized carbons (Fsp3) is 0.538. The average molecular weight is 340 g/mol. The standard InChI is InChI=1S/C13H16F4N2O2S/c1-22(20,21)18-11-4-5-19(8-11)7-9-2-3-10(14)6-12(9)13(15,16)17/h2-3,6,11,18H,4-5,7-8H2,1H3/t11-/m1/s1. The molecule has 1 aliphatic rings. The molecule has 22 heavy (non-hydrogen) atoms. The van der Waals surface area contributed by atoms with Crippen molar-refractivity contribution in [2.75, 3.05) is 19.3 Å². The Morgan fingerprint density at radius 3 is 2.64 bits per heavy atom. The van der Waals surface area contributed by atoms with Crippen molar-refractivity contribution >= 4 is 10.0 Å². The van der Waals surface area contributed by atoms with Crippen LogP contribution in [0.3, 0.4) is 0 Å². The molecule has 4 nitrogen and oxygen atoms in total. The minimum atomic E-state index is -4.62. The fourth-order valence-electron chi connectivity index (χ4n) is 2.57. The quantitative estimate of drug-likeness (QED) is 0.853. The molecule has 0 radical (unpaired) electrons. The lowest BCUT2D eigenvalue weighted by Crippen LogP contribution is -2.36. The zero-order chi connectivity index (χ0) is 16.5. The third kappa shape index (κ3) is 4.65. The van der Waals surface area contributed by atoms with Crippen molar-refractivity contribution in [3.05, 3.63) is 35.1 Å². The highest BCUT2D eigenvalue weighted by Crippen LogP contribution is 2.33. The Kier molecular flexibility index (Phi) is 4.78. The molecule has 1 aromatic carbocycles. The summed E-state index contributed by atoms with van der Waals surface area (Å²) in [4.78, 5) is 1.71. The lowest BCUT2D eigenvalue weighted by atomic mass is 10.1. The molecule has 0 unspecified atom stereocenters. The Morgan fingerprint density at radius 1 is 1.36 bits per heavy atom. The fourth-order valence-corrected chi connectivity index (χ4v) is 3.36. The van der Waals surface area contributed by atoms with E-state index in [9.17, 15) is 26.0 Å². The Balaban J connectivity index is 2.09. The largest absolute Gasteiger partial charge is 0.416 e. The second-order valence-electron chi connectivity index (χ2n) is 5.41. The molecule has 0 amide bonds. The molecule has 0 aromatic heterocycles. The van der Waals surface area contributed by atoms with E-state index in [2.05, 4.69) is 4.72 Å². The maximum absolute atomic E-state index is 13.0. The first-order valence-corrected chi connectivity index (χ1v) is 8.49. The number of alkyl halides is 3. The van der Waals surface area contributed by atoms with Gasteiger partial charge in [-0.25, -0.2) is 17.5 Å². The molecule has 1 N–H and O–H groups in total. The summed E-state index contributed by atoms with van der Waals surface area (Å²) in [5, 5.41) is 0. The van der Waals surface area contributed by atoms with E-state index < -0.39 is 27.6 Å². The SMILES string of the molecule is CS(=O)(=O)N[C@@H]1CCN(Cc2ccc(F)cc2C(F)(F)F)C1. The second-order valence-corrected chi connectivity index (χ2v) is 7.19. The van der Waals surface area contributed by atoms with Crippen LogP contribution in [0.15, 0.2) is 18.2 Å². The van der Waals surface area contributed by atoms with Crippen LogP contribution in [0.4, 0.5) is 17.6 Å². The van der Waals surface area contributed by atoms with Gasteiger partial charge in [0.25, 0.3) is 0 Å². The van der Waals surface area contributed by atoms with Crippen molar-refractivity contribution in [3.8, 4) is 0 Å². The van der Waals surface area contributed by atoms with E-state index in [1.54, 1.807) is 4.90 Å². The molecular formula is C13H16F4N2O2S. The van der Waals surface area contributed by atoms with E-state index in [0.717, 1.165) is 18.4 Å². The van der Waals surface area contributed by atoms with Gasteiger partial charge in [-0.15, -0.1) is 0 Å². The average Bonchev–Trinajstić information content (AvgIpc) is 2.75. The van der Waals surface area contributed by atoms with Crippen LogP contribution in [0.25, 0.3) is 0 Å². The molecule has 1 saturated heterocycles. The van der Waals surface area contributed by atoms with Crippen LogP contribution in [0.2, 0.25) is 0 Å². The summed E-state index contributed by atoms with van der Waals surface area (Å²) < 4.78 is 76.6. The van der Waals surface area contributed by atoms with Crippen molar-refractivity contribution in [1.82, 2.24) is 9.62 Å². The predicted molar refractivity (Wildman–Crippen MR) is 73.1 cm³/mol. The molecule has 9 heteroatoms. The first-order chi connectivity index (χ1) is 10.0. The highest BCUT2D eigenvalue weighted by atomic mass is 32.2. The van der Waals surface area contributed by atoms with Crippen LogP contribution in [-0.4, -0.2) is 38.7 Å². The molecule has 1 aliphatic heterocycles. The molecule has 1 fully saturated rings. The molecular weight excluding hydrogens is 324 g/mol. The highest BCUT2D eigenvalue weighted by Gasteiger charge is 2.35. The highest BCUT2D eigenvalue weighted by molar-refractivity contribution is 7.88. The third-order valence-corrected chi connectivity index (χ3v) is 4.19. The van der Waals surface area contributed by atoms with Crippen LogP contribution in [0.1, 0.15) is 17.5 Å². The van der Waals surface area contributed by atoms with Gasteiger partial charge in [0.05, 0.1) is 11.8 Å². The first-order valence-electron chi connectivity index (χ1n) is 6.60. The van der Waals surface area contributed by atoms with Crippen molar-refractivity contribution in [3.63, 3.8) is 0 Å². The number of nitrogens with zero attached hydrogens (tertiary/aromatic N) is 1. The van der Waals surface area contributed by atoms with E-state index in [4.69, 9.17) is 0 Å². The summed E-state index contributed by atoms with van der Waals surface area (Å²) in [6.45, 7) is 0.792. The van der Waals surface area contributed by atoms with Gasteiger partial charge in [-0.2, -0.15) is 13.2 Å². The Hall–Kier alpha value is -1.19. The van der Waals surface area contributed by atoms with Gasteiger partial charge in [0, 0.05) is 25.7 Å². The van der Waals surface area contributed by atoms with Crippen molar-refractivity contribution in [1.29, 1.82) is 0 Å². The van der Waals surface area contributed by atoms with Gasteiger partial charge in [-0.1, -0.05) is 6.07 Å². The summed E-state index contributed by atoms with van der Waals surface area (Å²) in [6, 6.07) is 2.28. The minimum absolute atomic E-state index is 0.00291. The predicted octanol–water partition coefficient (Wildman–Crippen LogP) is 1.97. The van der Waals surface area contributed by atoms with Crippen LogP contribution in [-0.2, 0) is 22.7 Å². The number of nitrogens with one attached hydrogen (secondary N) is 1. The molecule has 1 atom stereocenters. The van der Waals surface area contributed by atoms with Crippen molar-refractivity contribution in [2.24, 2.45) is 0 Å². The van der Waals surface area contributed by atoms with Gasteiger partial charge in [0.1, 0.15) is 5.82 Å². The monoisotopic (exact) mass is 340 g/mol. The summed E-state index contributed by atoms with van der Waals surface area (Å²) in [5.74, 6) is -0.936. The van der Waals surface area contributed by atoms with Crippen LogP contribution >= 0.6 is 0 Å². The normalized spacial score (nSPS) is 20.5. The summed E-state index contributed by atoms with van der Waals surface area (Å²) in [7, 11) is -3.35. The molecule has 2 rings (SSSR count). The number of benzene rings is 1. The molecule has 0 aliphatic carbocycles. The lowest BCUT2D eigenvalue weighted by molar-refractivity contribution is -0.138. The smallest absolute Gasteiger partial charge is 0.297 e. The van der Waals surface area contributed by atoms with Crippen molar-refractivity contribution < 1.29 is 26.0 Å². The van der Waals surface area contributed by atoms with Crippen LogP contribution in [0.5, 0.6) is 0 Å². The number of sulfonamides is 1. The number of halogens is 4. The molecule has 0 spiro atoms.